The summed E-state index contributed by atoms with van der Waals surface area (Å²) in [6.45, 7) is 0. The third kappa shape index (κ3) is 3.02. The molecule has 8 heteroatoms. The normalized spacial score (nSPS) is 11.2. The monoisotopic (exact) mass is 355 g/mol. The summed E-state index contributed by atoms with van der Waals surface area (Å²) in [6.07, 6.45) is -4.54. The molecule has 0 saturated heterocycles. The van der Waals surface area contributed by atoms with Crippen LogP contribution in [0.2, 0.25) is 0 Å². The first-order valence-corrected chi connectivity index (χ1v) is 7.42. The molecule has 0 unspecified atom stereocenters. The van der Waals surface area contributed by atoms with E-state index in [2.05, 4.69) is 9.97 Å². The molecule has 4 N–H and O–H groups in total. The largest absolute Gasteiger partial charge is 0.417 e. The van der Waals surface area contributed by atoms with Crippen LogP contribution in [0.25, 0.3) is 22.4 Å². The Balaban J connectivity index is 2.34. The molecule has 0 saturated carbocycles. The summed E-state index contributed by atoms with van der Waals surface area (Å²) < 4.78 is 40.3. The number of nitrogens with zero attached hydrogens (tertiary/aromatic N) is 3. The average molecular weight is 355 g/mol. The van der Waals surface area contributed by atoms with Crippen LogP contribution in [0.5, 0.6) is 0 Å². The van der Waals surface area contributed by atoms with Crippen molar-refractivity contribution in [2.75, 3.05) is 11.5 Å². The Morgan fingerprint density at radius 2 is 1.42 bits per heavy atom. The predicted octanol–water partition coefficient (Wildman–Crippen LogP) is 3.87. The summed E-state index contributed by atoms with van der Waals surface area (Å²) in [7, 11) is 0. The summed E-state index contributed by atoms with van der Waals surface area (Å²) in [5.74, 6) is -0.302. The van der Waals surface area contributed by atoms with Gasteiger partial charge in [-0.15, -0.1) is 0 Å². The molecule has 26 heavy (non-hydrogen) atoms. The van der Waals surface area contributed by atoms with E-state index < -0.39 is 11.7 Å². The number of halogens is 3. The molecule has 0 amide bonds. The molecule has 0 aliphatic rings. The lowest BCUT2D eigenvalue weighted by Gasteiger charge is -2.16. The summed E-state index contributed by atoms with van der Waals surface area (Å²) in [6, 6.07) is 13.4. The van der Waals surface area contributed by atoms with E-state index in [0.29, 0.717) is 5.56 Å². The first kappa shape index (κ1) is 17.2. The van der Waals surface area contributed by atoms with Gasteiger partial charge in [0.2, 0.25) is 5.95 Å². The molecular weight excluding hydrogens is 343 g/mol. The molecule has 1 heterocycles. The van der Waals surface area contributed by atoms with Crippen LogP contribution in [-0.4, -0.2) is 9.97 Å². The highest BCUT2D eigenvalue weighted by Crippen LogP contribution is 2.41. The summed E-state index contributed by atoms with van der Waals surface area (Å²) in [4.78, 5) is 7.77. The second-order valence-electron chi connectivity index (χ2n) is 5.39. The van der Waals surface area contributed by atoms with Crippen molar-refractivity contribution >= 4 is 11.8 Å². The number of nitriles is 1. The molecule has 1 aromatic heterocycles. The highest BCUT2D eigenvalue weighted by atomic mass is 19.4. The standard InChI is InChI=1S/C18H12F3N5/c19-18(20,21)14-8-4-3-6-11(14)10-5-1-2-7-12(10)15-13(9-22)16(23)26-17(24)25-15/h1-8H,(H4,23,24,25,26). The molecule has 3 rings (SSSR count). The van der Waals surface area contributed by atoms with Gasteiger partial charge >= 0.3 is 6.18 Å². The van der Waals surface area contributed by atoms with E-state index in [1.165, 1.54) is 24.3 Å². The molecule has 0 fully saturated rings. The molecule has 0 radical (unpaired) electrons. The Hall–Kier alpha value is -3.60. The van der Waals surface area contributed by atoms with Gasteiger partial charge in [-0.05, 0) is 17.2 Å². The van der Waals surface area contributed by atoms with Gasteiger partial charge in [-0.3, -0.25) is 0 Å². The van der Waals surface area contributed by atoms with Crippen molar-refractivity contribution in [2.24, 2.45) is 0 Å². The van der Waals surface area contributed by atoms with Crippen LogP contribution in [0.1, 0.15) is 11.1 Å². The number of hydrogen-bond donors (Lipinski definition) is 2. The number of benzene rings is 2. The van der Waals surface area contributed by atoms with Gasteiger partial charge in [0.1, 0.15) is 17.5 Å². The van der Waals surface area contributed by atoms with Crippen molar-refractivity contribution in [3.8, 4) is 28.5 Å². The number of nitrogens with two attached hydrogens (primary N) is 2. The lowest BCUT2D eigenvalue weighted by atomic mass is 9.92. The predicted molar refractivity (Wildman–Crippen MR) is 91.4 cm³/mol. The Morgan fingerprint density at radius 1 is 0.846 bits per heavy atom. The zero-order chi connectivity index (χ0) is 18.9. The molecule has 130 valence electrons. The van der Waals surface area contributed by atoms with Crippen LogP contribution in [0.3, 0.4) is 0 Å². The van der Waals surface area contributed by atoms with Gasteiger partial charge in [-0.1, -0.05) is 42.5 Å². The van der Waals surface area contributed by atoms with E-state index >= 15 is 0 Å². The van der Waals surface area contributed by atoms with Gasteiger partial charge in [0.05, 0.1) is 11.3 Å². The second kappa shape index (κ2) is 6.37. The van der Waals surface area contributed by atoms with E-state index in [4.69, 9.17) is 11.5 Å². The highest BCUT2D eigenvalue weighted by molar-refractivity contribution is 5.87. The first-order valence-electron chi connectivity index (χ1n) is 7.42. The Labute approximate surface area is 146 Å². The topological polar surface area (TPSA) is 102 Å². The SMILES string of the molecule is N#Cc1c(N)nc(N)nc1-c1ccccc1-c1ccccc1C(F)(F)F. The quantitative estimate of drug-likeness (QED) is 0.727. The van der Waals surface area contributed by atoms with E-state index in [0.717, 1.165) is 6.07 Å². The zero-order valence-corrected chi connectivity index (χ0v) is 13.2. The minimum absolute atomic E-state index is 0.0322. The van der Waals surface area contributed by atoms with Crippen molar-refractivity contribution in [3.63, 3.8) is 0 Å². The third-order valence-corrected chi connectivity index (χ3v) is 3.77. The summed E-state index contributed by atoms with van der Waals surface area (Å²) in [5.41, 5.74) is 11.1. The minimum Gasteiger partial charge on any atom is -0.382 e. The lowest BCUT2D eigenvalue weighted by molar-refractivity contribution is -0.137. The van der Waals surface area contributed by atoms with Crippen molar-refractivity contribution in [2.45, 2.75) is 6.18 Å². The first-order chi connectivity index (χ1) is 12.3. The van der Waals surface area contributed by atoms with Crippen molar-refractivity contribution in [1.29, 1.82) is 5.26 Å². The van der Waals surface area contributed by atoms with E-state index in [-0.39, 0.29) is 34.2 Å². The maximum Gasteiger partial charge on any atom is 0.417 e. The number of aromatic nitrogens is 2. The summed E-state index contributed by atoms with van der Waals surface area (Å²) in [5, 5.41) is 9.37. The molecule has 3 aromatic rings. The van der Waals surface area contributed by atoms with Crippen LogP contribution in [-0.2, 0) is 6.18 Å². The number of nitrogen functional groups attached to an aromatic ring is 2. The zero-order valence-electron chi connectivity index (χ0n) is 13.2. The van der Waals surface area contributed by atoms with Crippen LogP contribution in [0, 0.1) is 11.3 Å². The van der Waals surface area contributed by atoms with Crippen LogP contribution < -0.4 is 11.5 Å². The lowest BCUT2D eigenvalue weighted by Crippen LogP contribution is -2.08. The molecule has 5 nitrogen and oxygen atoms in total. The molecule has 0 aliphatic carbocycles. The second-order valence-corrected chi connectivity index (χ2v) is 5.39. The molecule has 2 aromatic carbocycles. The maximum absolute atomic E-state index is 13.4. The number of anilines is 2. The van der Waals surface area contributed by atoms with Crippen molar-refractivity contribution in [1.82, 2.24) is 9.97 Å². The molecule has 0 spiro atoms. The van der Waals surface area contributed by atoms with Crippen LogP contribution >= 0.6 is 0 Å². The Morgan fingerprint density at radius 3 is 2.04 bits per heavy atom. The number of hydrogen-bond acceptors (Lipinski definition) is 5. The fourth-order valence-electron chi connectivity index (χ4n) is 2.69. The fourth-order valence-corrected chi connectivity index (χ4v) is 2.69. The molecule has 0 atom stereocenters. The number of alkyl halides is 3. The van der Waals surface area contributed by atoms with Crippen LogP contribution in [0.15, 0.2) is 48.5 Å². The maximum atomic E-state index is 13.4. The van der Waals surface area contributed by atoms with E-state index in [9.17, 15) is 18.4 Å². The van der Waals surface area contributed by atoms with Crippen molar-refractivity contribution < 1.29 is 13.2 Å². The van der Waals surface area contributed by atoms with Gasteiger partial charge in [0.25, 0.3) is 0 Å². The summed E-state index contributed by atoms with van der Waals surface area (Å²) >= 11 is 0. The Kier molecular flexibility index (Phi) is 4.22. The Bertz CT molecular complexity index is 1020. The third-order valence-electron chi connectivity index (χ3n) is 3.77. The number of rotatable bonds is 2. The van der Waals surface area contributed by atoms with Crippen molar-refractivity contribution in [3.05, 3.63) is 59.7 Å². The van der Waals surface area contributed by atoms with E-state index in [1.807, 2.05) is 6.07 Å². The average Bonchev–Trinajstić information content (AvgIpc) is 2.60. The van der Waals surface area contributed by atoms with Gasteiger partial charge in [-0.25, -0.2) is 4.98 Å². The van der Waals surface area contributed by atoms with Crippen LogP contribution in [0.4, 0.5) is 24.9 Å². The smallest absolute Gasteiger partial charge is 0.382 e. The molecule has 0 aliphatic heterocycles. The minimum atomic E-state index is -4.54. The van der Waals surface area contributed by atoms with Gasteiger partial charge < -0.3 is 11.5 Å². The van der Waals surface area contributed by atoms with Gasteiger partial charge in [0, 0.05) is 5.56 Å². The fraction of sp³-hybridized carbons (Fsp3) is 0.0556. The highest BCUT2D eigenvalue weighted by Gasteiger charge is 2.34. The molecular formula is C18H12F3N5. The van der Waals surface area contributed by atoms with Gasteiger partial charge in [-0.2, -0.15) is 23.4 Å². The van der Waals surface area contributed by atoms with E-state index in [1.54, 1.807) is 18.2 Å². The van der Waals surface area contributed by atoms with Gasteiger partial charge in [0.15, 0.2) is 0 Å². The molecule has 0 bridgehead atoms.